The first-order valence-corrected chi connectivity index (χ1v) is 13.2. The number of hydrogen-bond donors (Lipinski definition) is 1. The van der Waals surface area contributed by atoms with Crippen molar-refractivity contribution in [3.05, 3.63) is 58.4 Å². The third-order valence-corrected chi connectivity index (χ3v) is 7.79. The molecule has 3 aliphatic heterocycles. The van der Waals surface area contributed by atoms with Gasteiger partial charge < -0.3 is 9.47 Å². The fourth-order valence-electron chi connectivity index (χ4n) is 4.85. The zero-order valence-corrected chi connectivity index (χ0v) is 21.7. The number of thioether (sulfide) groups is 1. The molecule has 5 rings (SSSR count). The van der Waals surface area contributed by atoms with E-state index >= 15 is 0 Å². The maximum Gasteiger partial charge on any atom is 0.283 e. The van der Waals surface area contributed by atoms with Crippen LogP contribution in [0.2, 0.25) is 0 Å². The van der Waals surface area contributed by atoms with Gasteiger partial charge >= 0.3 is 0 Å². The number of nitrogens with one attached hydrogen (secondary N) is 1. The lowest BCUT2D eigenvalue weighted by atomic mass is 10.1. The summed E-state index contributed by atoms with van der Waals surface area (Å²) in [6, 6.07) is 10.5. The summed E-state index contributed by atoms with van der Waals surface area (Å²) in [6.07, 6.45) is 6.09. The van der Waals surface area contributed by atoms with Gasteiger partial charge in [0.1, 0.15) is 5.04 Å². The Morgan fingerprint density at radius 3 is 2.56 bits per heavy atom. The molecule has 2 amide bonds. The molecule has 0 atom stereocenters. The van der Waals surface area contributed by atoms with E-state index in [0.717, 1.165) is 61.4 Å². The Morgan fingerprint density at radius 2 is 1.86 bits per heavy atom. The van der Waals surface area contributed by atoms with Crippen molar-refractivity contribution >= 4 is 45.7 Å². The number of fused-ring (bicyclic) bond motifs is 1. The van der Waals surface area contributed by atoms with E-state index in [0.29, 0.717) is 10.2 Å². The van der Waals surface area contributed by atoms with Crippen molar-refractivity contribution in [3.8, 4) is 5.69 Å². The van der Waals surface area contributed by atoms with Crippen molar-refractivity contribution in [2.24, 2.45) is 10.1 Å². The Hall–Kier alpha value is -3.46. The number of nitrogens with zero attached hydrogens (tertiary/aromatic N) is 5. The van der Waals surface area contributed by atoms with Crippen LogP contribution in [0.1, 0.15) is 55.1 Å². The topological polar surface area (TPSA) is 94.1 Å². The van der Waals surface area contributed by atoms with Gasteiger partial charge in [-0.2, -0.15) is 15.1 Å². The average molecular weight is 503 g/mol. The van der Waals surface area contributed by atoms with Gasteiger partial charge in [-0.25, -0.2) is 0 Å². The Balaban J connectivity index is 1.38. The van der Waals surface area contributed by atoms with Gasteiger partial charge in [0.15, 0.2) is 5.84 Å². The molecule has 8 nitrogen and oxygen atoms in total. The standard InChI is InChI=1S/C27H30N6O2S/c1-4-19-8-10-21(11-9-19)32-17(2)14-20(18(32)3)15-22-25(28)33-27(29-26(22)35)36-23(30-33)16-24(34)31-12-6-5-7-13-31/h8-11,14-15,28H,4-7,12-13,16H2,1-3H3. The quantitative estimate of drug-likeness (QED) is 0.601. The molecule has 1 fully saturated rings. The van der Waals surface area contributed by atoms with E-state index in [9.17, 15) is 9.59 Å². The molecule has 9 heteroatoms. The summed E-state index contributed by atoms with van der Waals surface area (Å²) >= 11 is 1.20. The molecule has 186 valence electrons. The zero-order chi connectivity index (χ0) is 25.4. The molecule has 1 N–H and O–H groups in total. The number of aliphatic imine (C=N–C) groups is 1. The van der Waals surface area contributed by atoms with Gasteiger partial charge in [-0.3, -0.25) is 15.0 Å². The van der Waals surface area contributed by atoms with Crippen molar-refractivity contribution in [2.75, 3.05) is 13.1 Å². The molecule has 4 heterocycles. The van der Waals surface area contributed by atoms with Crippen molar-refractivity contribution in [2.45, 2.75) is 52.9 Å². The van der Waals surface area contributed by atoms with E-state index in [1.807, 2.05) is 24.8 Å². The van der Waals surface area contributed by atoms with Crippen LogP contribution < -0.4 is 0 Å². The maximum atomic E-state index is 12.9. The van der Waals surface area contributed by atoms with Gasteiger partial charge in [-0.1, -0.05) is 19.1 Å². The molecular weight excluding hydrogens is 472 g/mol. The summed E-state index contributed by atoms with van der Waals surface area (Å²) < 4.78 is 2.14. The Kier molecular flexibility index (Phi) is 6.66. The molecule has 1 saturated heterocycles. The molecule has 1 aromatic carbocycles. The molecule has 0 unspecified atom stereocenters. The van der Waals surface area contributed by atoms with Crippen LogP contribution in [-0.2, 0) is 16.0 Å². The van der Waals surface area contributed by atoms with Crippen LogP contribution >= 0.6 is 11.8 Å². The summed E-state index contributed by atoms with van der Waals surface area (Å²) in [5, 5.41) is 15.4. The van der Waals surface area contributed by atoms with Crippen LogP contribution in [0.5, 0.6) is 0 Å². The first kappa shape index (κ1) is 24.2. The molecule has 0 radical (unpaired) electrons. The molecule has 0 bridgehead atoms. The number of likely N-dealkylation sites (tertiary alicyclic amines) is 1. The van der Waals surface area contributed by atoms with E-state index in [1.165, 1.54) is 22.3 Å². The maximum absolute atomic E-state index is 12.9. The second-order valence-electron chi connectivity index (χ2n) is 9.31. The molecule has 0 aliphatic carbocycles. The number of hydrazone groups is 1. The molecule has 36 heavy (non-hydrogen) atoms. The first-order chi connectivity index (χ1) is 17.4. The number of rotatable bonds is 5. The lowest BCUT2D eigenvalue weighted by Gasteiger charge is -2.26. The van der Waals surface area contributed by atoms with Crippen molar-refractivity contribution in [1.29, 1.82) is 5.41 Å². The number of amides is 2. The van der Waals surface area contributed by atoms with E-state index in [1.54, 1.807) is 6.08 Å². The molecule has 0 spiro atoms. The lowest BCUT2D eigenvalue weighted by molar-refractivity contribution is -0.130. The highest BCUT2D eigenvalue weighted by molar-refractivity contribution is 8.27. The number of carbonyl (C=O) groups excluding carboxylic acids is 2. The van der Waals surface area contributed by atoms with Gasteiger partial charge in [0.25, 0.3) is 5.91 Å². The number of aryl methyl sites for hydroxylation is 2. The number of benzene rings is 1. The fraction of sp³-hybridized carbons (Fsp3) is 0.370. The minimum atomic E-state index is -0.463. The summed E-state index contributed by atoms with van der Waals surface area (Å²) in [5.41, 5.74) is 5.39. The SMILES string of the molecule is CCc1ccc(-n2c(C)cc(C=C3C(=N)N4N=C(CC(=O)N5CCCCC5)SC4=NC3=O)c2C)cc1. The van der Waals surface area contributed by atoms with Crippen LogP contribution in [0.4, 0.5) is 0 Å². The average Bonchev–Trinajstić information content (AvgIpc) is 3.41. The zero-order valence-electron chi connectivity index (χ0n) is 20.9. The van der Waals surface area contributed by atoms with E-state index in [4.69, 9.17) is 5.41 Å². The highest BCUT2D eigenvalue weighted by Gasteiger charge is 2.36. The van der Waals surface area contributed by atoms with Gasteiger partial charge in [0, 0.05) is 30.2 Å². The summed E-state index contributed by atoms with van der Waals surface area (Å²) in [5.74, 6) is -0.445. The molecular formula is C27H30N6O2S. The van der Waals surface area contributed by atoms with Crippen LogP contribution in [0, 0.1) is 19.3 Å². The minimum absolute atomic E-state index is 0.0185. The van der Waals surface area contributed by atoms with E-state index < -0.39 is 5.91 Å². The largest absolute Gasteiger partial charge is 0.342 e. The summed E-state index contributed by atoms with van der Waals surface area (Å²) in [7, 11) is 0. The predicted octanol–water partition coefficient (Wildman–Crippen LogP) is 4.68. The van der Waals surface area contributed by atoms with Crippen molar-refractivity contribution in [3.63, 3.8) is 0 Å². The third kappa shape index (κ3) is 4.55. The Labute approximate surface area is 215 Å². The Morgan fingerprint density at radius 1 is 1.14 bits per heavy atom. The fourth-order valence-corrected chi connectivity index (χ4v) is 5.73. The van der Waals surface area contributed by atoms with Gasteiger partial charge in [0.2, 0.25) is 11.1 Å². The molecule has 2 aromatic rings. The van der Waals surface area contributed by atoms with Gasteiger partial charge in [0.05, 0.1) is 12.0 Å². The highest BCUT2D eigenvalue weighted by atomic mass is 32.2. The normalized spacial score (nSPS) is 19.0. The van der Waals surface area contributed by atoms with Crippen LogP contribution in [-0.4, -0.2) is 55.4 Å². The van der Waals surface area contributed by atoms with Crippen LogP contribution in [0.25, 0.3) is 11.8 Å². The van der Waals surface area contributed by atoms with Crippen molar-refractivity contribution < 1.29 is 9.59 Å². The first-order valence-electron chi connectivity index (χ1n) is 12.4. The van der Waals surface area contributed by atoms with Gasteiger partial charge in [-0.05, 0) is 86.7 Å². The summed E-state index contributed by atoms with van der Waals surface area (Å²) in [6.45, 7) is 7.73. The number of carbonyl (C=O) groups is 2. The van der Waals surface area contributed by atoms with Crippen molar-refractivity contribution in [1.82, 2.24) is 14.5 Å². The second-order valence-corrected chi connectivity index (χ2v) is 10.4. The number of amidine groups is 2. The molecule has 1 aromatic heterocycles. The minimum Gasteiger partial charge on any atom is -0.342 e. The molecule has 3 aliphatic rings. The number of hydrogen-bond acceptors (Lipinski definition) is 5. The van der Waals surface area contributed by atoms with Crippen LogP contribution in [0.15, 0.2) is 46.0 Å². The second kappa shape index (κ2) is 9.89. The Bertz CT molecular complexity index is 1330. The van der Waals surface area contributed by atoms with Crippen LogP contribution in [0.3, 0.4) is 0 Å². The number of aromatic nitrogens is 1. The van der Waals surface area contributed by atoms with Gasteiger partial charge in [-0.15, -0.1) is 0 Å². The highest BCUT2D eigenvalue weighted by Crippen LogP contribution is 2.31. The van der Waals surface area contributed by atoms with E-state index in [-0.39, 0.29) is 23.7 Å². The summed E-state index contributed by atoms with van der Waals surface area (Å²) in [4.78, 5) is 31.6. The lowest BCUT2D eigenvalue weighted by Crippen LogP contribution is -2.36. The monoisotopic (exact) mass is 502 g/mol. The smallest absolute Gasteiger partial charge is 0.283 e. The predicted molar refractivity (Wildman–Crippen MR) is 145 cm³/mol. The molecule has 0 saturated carbocycles. The third-order valence-electron chi connectivity index (χ3n) is 6.88. The van der Waals surface area contributed by atoms with E-state index in [2.05, 4.69) is 45.9 Å². The number of piperidine rings is 1.